The lowest BCUT2D eigenvalue weighted by Gasteiger charge is -2.18. The van der Waals surface area contributed by atoms with E-state index in [0.717, 1.165) is 27.9 Å². The minimum atomic E-state index is -0.359. The Balaban J connectivity index is 1.50. The largest absolute Gasteiger partial charge is 0.465 e. The summed E-state index contributed by atoms with van der Waals surface area (Å²) < 4.78 is 24.4. The third-order valence-corrected chi connectivity index (χ3v) is 5.11. The molecule has 2 bridgehead atoms. The first-order valence-electron chi connectivity index (χ1n) is 8.68. The van der Waals surface area contributed by atoms with E-state index in [1.807, 2.05) is 36.4 Å². The van der Waals surface area contributed by atoms with Crippen LogP contribution in [0.1, 0.15) is 44.8 Å². The number of carbonyl (C=O) groups is 1. The van der Waals surface area contributed by atoms with Crippen LogP contribution in [0.5, 0.6) is 0 Å². The molecule has 3 aromatic rings. The van der Waals surface area contributed by atoms with Crippen molar-refractivity contribution in [2.75, 3.05) is 12.4 Å². The van der Waals surface area contributed by atoms with Crippen LogP contribution in [0.3, 0.4) is 0 Å². The van der Waals surface area contributed by atoms with Crippen LogP contribution in [-0.4, -0.2) is 13.1 Å². The van der Waals surface area contributed by atoms with Gasteiger partial charge in [0.15, 0.2) is 0 Å². The number of methoxy groups -OCH3 is 1. The molecular weight excluding hydrogens is 345 g/mol. The molecule has 1 N–H and O–H groups in total. The van der Waals surface area contributed by atoms with Crippen LogP contribution in [-0.2, 0) is 9.47 Å². The van der Waals surface area contributed by atoms with Crippen LogP contribution < -0.4 is 5.32 Å². The van der Waals surface area contributed by atoms with Crippen molar-refractivity contribution in [1.82, 2.24) is 0 Å². The highest BCUT2D eigenvalue weighted by Gasteiger charge is 2.43. The molecule has 5 rings (SSSR count). The number of anilines is 2. The number of esters is 1. The van der Waals surface area contributed by atoms with E-state index in [0.29, 0.717) is 11.3 Å². The lowest BCUT2D eigenvalue weighted by molar-refractivity contribution is 0.0600. The summed E-state index contributed by atoms with van der Waals surface area (Å²) in [4.78, 5) is 11.8. The van der Waals surface area contributed by atoms with Gasteiger partial charge in [-0.15, -0.1) is 0 Å². The first kappa shape index (κ1) is 16.0. The Kier molecular flexibility index (Phi) is 3.52. The van der Waals surface area contributed by atoms with Gasteiger partial charge in [-0.05, 0) is 64.7 Å². The lowest BCUT2D eigenvalue weighted by atomic mass is 9.85. The summed E-state index contributed by atoms with van der Waals surface area (Å²) in [6.07, 6.45) is -0.325. The molecule has 0 saturated heterocycles. The Hall–Kier alpha value is -3.18. The molecule has 0 fully saturated rings. The smallest absolute Gasteiger partial charge is 0.337 e. The molecule has 2 aliphatic rings. The van der Waals surface area contributed by atoms with Crippen LogP contribution in [0.25, 0.3) is 0 Å². The average Bonchev–Trinajstić information content (AvgIpc) is 3.24. The molecule has 27 heavy (non-hydrogen) atoms. The first-order valence-corrected chi connectivity index (χ1v) is 8.68. The molecule has 5 heteroatoms. The molecule has 2 heterocycles. The van der Waals surface area contributed by atoms with E-state index < -0.39 is 0 Å². The molecule has 4 nitrogen and oxygen atoms in total. The zero-order valence-electron chi connectivity index (χ0n) is 14.5. The molecule has 0 aromatic heterocycles. The van der Waals surface area contributed by atoms with Crippen molar-refractivity contribution < 1.29 is 18.7 Å². The van der Waals surface area contributed by atoms with Crippen molar-refractivity contribution in [2.24, 2.45) is 0 Å². The molecule has 2 aliphatic heterocycles. The fourth-order valence-electron chi connectivity index (χ4n) is 3.90. The first-order chi connectivity index (χ1) is 13.1. The number of ether oxygens (including phenoxy) is 2. The molecule has 0 spiro atoms. The van der Waals surface area contributed by atoms with Crippen LogP contribution in [0.15, 0.2) is 60.7 Å². The van der Waals surface area contributed by atoms with Gasteiger partial charge in [0, 0.05) is 11.4 Å². The van der Waals surface area contributed by atoms with Gasteiger partial charge < -0.3 is 14.8 Å². The van der Waals surface area contributed by atoms with Gasteiger partial charge in [0.2, 0.25) is 0 Å². The van der Waals surface area contributed by atoms with Gasteiger partial charge >= 0.3 is 5.97 Å². The molecule has 0 amide bonds. The van der Waals surface area contributed by atoms with Gasteiger partial charge in [-0.3, -0.25) is 0 Å². The Morgan fingerprint density at radius 3 is 2.41 bits per heavy atom. The van der Waals surface area contributed by atoms with E-state index in [2.05, 4.69) is 5.32 Å². The summed E-state index contributed by atoms with van der Waals surface area (Å²) in [6, 6.07) is 17.9. The normalized spacial score (nSPS) is 18.7. The maximum atomic E-state index is 13.4. The summed E-state index contributed by atoms with van der Waals surface area (Å²) in [7, 11) is 1.37. The standard InChI is InChI=1S/C22H16FNO3/c1-26-22(25)12-5-7-16-18(9-12)21-19-11-15(6-8-17(19)20(16)27-21)24-14-4-2-3-13(23)10-14/h2-11,20-21,24H,1H3/t20-,21+/m1/s1. The lowest BCUT2D eigenvalue weighted by Crippen LogP contribution is -2.07. The predicted octanol–water partition coefficient (Wildman–Crippen LogP) is 4.88. The number of rotatable bonds is 3. The Labute approximate surface area is 155 Å². The number of hydrogen-bond acceptors (Lipinski definition) is 4. The van der Waals surface area contributed by atoms with Crippen LogP contribution in [0, 0.1) is 5.82 Å². The Bertz CT molecular complexity index is 1080. The highest BCUT2D eigenvalue weighted by Crippen LogP contribution is 2.54. The maximum absolute atomic E-state index is 13.4. The quantitative estimate of drug-likeness (QED) is 0.676. The van der Waals surface area contributed by atoms with Gasteiger partial charge in [-0.25, -0.2) is 9.18 Å². The second-order valence-corrected chi connectivity index (χ2v) is 6.71. The second-order valence-electron chi connectivity index (χ2n) is 6.71. The second kappa shape index (κ2) is 5.93. The number of carbonyl (C=O) groups excluding carboxylic acids is 1. The molecule has 0 aliphatic carbocycles. The number of hydrogen-bond donors (Lipinski definition) is 1. The molecule has 3 aromatic carbocycles. The fraction of sp³-hybridized carbons (Fsp3) is 0.136. The van der Waals surface area contributed by atoms with E-state index in [1.54, 1.807) is 12.1 Å². The van der Waals surface area contributed by atoms with Crippen molar-refractivity contribution in [3.8, 4) is 0 Å². The van der Waals surface area contributed by atoms with Gasteiger partial charge in [0.05, 0.1) is 12.7 Å². The van der Waals surface area contributed by atoms with Gasteiger partial charge in [-0.2, -0.15) is 0 Å². The number of benzene rings is 3. The molecule has 134 valence electrons. The molecule has 0 radical (unpaired) electrons. The SMILES string of the molecule is COC(=O)c1ccc2c(c1)[C@@H]1O[C@H]2c2ccc(Nc3cccc(F)c3)cc21. The van der Waals surface area contributed by atoms with E-state index in [9.17, 15) is 9.18 Å². The zero-order chi connectivity index (χ0) is 18.5. The Morgan fingerprint density at radius 1 is 0.926 bits per heavy atom. The predicted molar refractivity (Wildman–Crippen MR) is 98.7 cm³/mol. The van der Waals surface area contributed by atoms with E-state index in [1.165, 1.54) is 19.2 Å². The van der Waals surface area contributed by atoms with Gasteiger partial charge in [-0.1, -0.05) is 18.2 Å². The molecule has 0 saturated carbocycles. The third-order valence-electron chi connectivity index (χ3n) is 5.11. The van der Waals surface area contributed by atoms with Crippen molar-refractivity contribution in [3.05, 3.63) is 94.3 Å². The van der Waals surface area contributed by atoms with Gasteiger partial charge in [0.1, 0.15) is 18.0 Å². The summed E-state index contributed by atoms with van der Waals surface area (Å²) in [5.74, 6) is -0.643. The highest BCUT2D eigenvalue weighted by molar-refractivity contribution is 5.90. The molecular formula is C22H16FNO3. The monoisotopic (exact) mass is 361 g/mol. The summed E-state index contributed by atoms with van der Waals surface area (Å²) in [5.41, 5.74) is 6.35. The fourth-order valence-corrected chi connectivity index (χ4v) is 3.90. The van der Waals surface area contributed by atoms with Crippen LogP contribution >= 0.6 is 0 Å². The summed E-state index contributed by atoms with van der Waals surface area (Å²) in [6.45, 7) is 0. The van der Waals surface area contributed by atoms with Crippen molar-refractivity contribution in [3.63, 3.8) is 0 Å². The number of fused-ring (bicyclic) bond motifs is 8. The Morgan fingerprint density at radius 2 is 1.63 bits per heavy atom. The van der Waals surface area contributed by atoms with Crippen LogP contribution in [0.4, 0.5) is 15.8 Å². The van der Waals surface area contributed by atoms with Crippen LogP contribution in [0.2, 0.25) is 0 Å². The minimum absolute atomic E-state index is 0.116. The highest BCUT2D eigenvalue weighted by atomic mass is 19.1. The van der Waals surface area contributed by atoms with Crippen molar-refractivity contribution in [1.29, 1.82) is 0 Å². The maximum Gasteiger partial charge on any atom is 0.337 e. The topological polar surface area (TPSA) is 47.6 Å². The van der Waals surface area contributed by atoms with E-state index in [4.69, 9.17) is 9.47 Å². The average molecular weight is 361 g/mol. The minimum Gasteiger partial charge on any atom is -0.465 e. The molecule has 0 unspecified atom stereocenters. The van der Waals surface area contributed by atoms with E-state index in [-0.39, 0.29) is 24.0 Å². The van der Waals surface area contributed by atoms with Crippen molar-refractivity contribution in [2.45, 2.75) is 12.2 Å². The van der Waals surface area contributed by atoms with Gasteiger partial charge in [0.25, 0.3) is 0 Å². The molecule has 2 atom stereocenters. The van der Waals surface area contributed by atoms with E-state index >= 15 is 0 Å². The number of nitrogens with one attached hydrogen (secondary N) is 1. The summed E-state index contributed by atoms with van der Waals surface area (Å²) >= 11 is 0. The number of halogens is 1. The van der Waals surface area contributed by atoms with Crippen molar-refractivity contribution >= 4 is 17.3 Å². The third kappa shape index (κ3) is 2.51. The summed E-state index contributed by atoms with van der Waals surface area (Å²) in [5, 5.41) is 3.23. The zero-order valence-corrected chi connectivity index (χ0v) is 14.5.